The lowest BCUT2D eigenvalue weighted by molar-refractivity contribution is 0.0995. The van der Waals surface area contributed by atoms with Crippen molar-refractivity contribution in [3.8, 4) is 11.6 Å². The van der Waals surface area contributed by atoms with Gasteiger partial charge in [0.1, 0.15) is 11.6 Å². The van der Waals surface area contributed by atoms with Gasteiger partial charge >= 0.3 is 0 Å². The van der Waals surface area contributed by atoms with Crippen molar-refractivity contribution in [2.75, 3.05) is 5.32 Å². The van der Waals surface area contributed by atoms with Crippen LogP contribution in [-0.4, -0.2) is 21.1 Å². The molecule has 0 aliphatic carbocycles. The molecule has 0 fully saturated rings. The molecule has 2 heterocycles. The fraction of sp³-hybridized carbons (Fsp3) is 0.200. The second kappa shape index (κ2) is 7.61. The number of nitrogens with two attached hydrogens (primary N) is 2. The third-order valence-electron chi connectivity index (χ3n) is 3.96. The Hall–Kier alpha value is -3.52. The number of pyridine rings is 1. The summed E-state index contributed by atoms with van der Waals surface area (Å²) in [6.07, 6.45) is 0. The number of nitrogens with one attached hydrogen (secondary N) is 1. The van der Waals surface area contributed by atoms with Gasteiger partial charge in [0, 0.05) is 17.3 Å². The number of carbonyl (C=O) groups is 1. The predicted molar refractivity (Wildman–Crippen MR) is 107 cm³/mol. The van der Waals surface area contributed by atoms with Gasteiger partial charge in [-0.25, -0.2) is 4.98 Å². The molecule has 8 heteroatoms. The van der Waals surface area contributed by atoms with E-state index in [0.717, 1.165) is 11.3 Å². The minimum Gasteiger partial charge on any atom is -0.437 e. The maximum atomic E-state index is 11.7. The van der Waals surface area contributed by atoms with Crippen LogP contribution in [0.5, 0.6) is 11.6 Å². The molecule has 0 radical (unpaired) electrons. The summed E-state index contributed by atoms with van der Waals surface area (Å²) in [5, 5.41) is 10.9. The molecule has 0 spiro atoms. The fourth-order valence-electron chi connectivity index (χ4n) is 2.53. The lowest BCUT2D eigenvalue weighted by Crippen LogP contribution is -2.28. The minimum atomic E-state index is -0.707. The maximum absolute atomic E-state index is 11.7. The molecule has 0 saturated heterocycles. The lowest BCUT2D eigenvalue weighted by atomic mass is 9.96. The van der Waals surface area contributed by atoms with Crippen molar-refractivity contribution in [1.29, 1.82) is 0 Å². The van der Waals surface area contributed by atoms with Gasteiger partial charge in [-0.05, 0) is 50.6 Å². The summed E-state index contributed by atoms with van der Waals surface area (Å²) >= 11 is 0. The Morgan fingerprint density at radius 3 is 2.54 bits per heavy atom. The van der Waals surface area contributed by atoms with Crippen LogP contribution in [-0.2, 0) is 5.54 Å². The first-order valence-corrected chi connectivity index (χ1v) is 8.68. The molecule has 28 heavy (non-hydrogen) atoms. The molecule has 0 aliphatic heterocycles. The van der Waals surface area contributed by atoms with E-state index in [1.54, 1.807) is 18.2 Å². The summed E-state index contributed by atoms with van der Waals surface area (Å²) in [7, 11) is 0. The van der Waals surface area contributed by atoms with Crippen LogP contribution in [0.1, 0.15) is 35.6 Å². The summed E-state index contributed by atoms with van der Waals surface area (Å²) in [6, 6.07) is 14.4. The summed E-state index contributed by atoms with van der Waals surface area (Å²) in [5.74, 6) is 0.596. The fourth-order valence-corrected chi connectivity index (χ4v) is 2.53. The third-order valence-corrected chi connectivity index (χ3v) is 3.96. The molecule has 3 aromatic rings. The van der Waals surface area contributed by atoms with Crippen molar-refractivity contribution < 1.29 is 9.53 Å². The molecule has 3 rings (SSSR count). The highest BCUT2D eigenvalue weighted by Gasteiger charge is 2.17. The van der Waals surface area contributed by atoms with Crippen LogP contribution >= 0.6 is 0 Å². The number of aromatic nitrogens is 3. The molecular weight excluding hydrogens is 356 g/mol. The van der Waals surface area contributed by atoms with Gasteiger partial charge < -0.3 is 21.5 Å². The molecule has 144 valence electrons. The molecule has 0 bridgehead atoms. The van der Waals surface area contributed by atoms with E-state index in [4.69, 9.17) is 16.2 Å². The average Bonchev–Trinajstić information content (AvgIpc) is 2.61. The maximum Gasteiger partial charge on any atom is 0.271 e. The molecule has 1 aromatic carbocycles. The van der Waals surface area contributed by atoms with E-state index in [2.05, 4.69) is 20.5 Å². The SMILES string of the molecule is Cc1cccc(Nc2cc(Oc3cccc(C(C)(C)N)c3)nnc2C(N)=O)n1. The number of hydrogen-bond donors (Lipinski definition) is 3. The normalized spacial score (nSPS) is 11.1. The van der Waals surface area contributed by atoms with E-state index in [-0.39, 0.29) is 11.6 Å². The molecule has 0 atom stereocenters. The molecule has 5 N–H and O–H groups in total. The number of benzene rings is 1. The number of rotatable bonds is 6. The monoisotopic (exact) mass is 378 g/mol. The van der Waals surface area contributed by atoms with Crippen LogP contribution < -0.4 is 21.5 Å². The number of amides is 1. The Morgan fingerprint density at radius 2 is 1.86 bits per heavy atom. The van der Waals surface area contributed by atoms with Gasteiger partial charge in [0.15, 0.2) is 5.69 Å². The Bertz CT molecular complexity index is 1010. The quantitative estimate of drug-likeness (QED) is 0.601. The van der Waals surface area contributed by atoms with Crippen molar-refractivity contribution in [1.82, 2.24) is 15.2 Å². The Kier molecular flexibility index (Phi) is 5.23. The predicted octanol–water partition coefficient (Wildman–Crippen LogP) is 3.01. The number of ether oxygens (including phenoxy) is 1. The van der Waals surface area contributed by atoms with Crippen LogP contribution in [0.4, 0.5) is 11.5 Å². The number of carbonyl (C=O) groups excluding carboxylic acids is 1. The van der Waals surface area contributed by atoms with Gasteiger partial charge in [0.05, 0.1) is 5.69 Å². The number of hydrogen-bond acceptors (Lipinski definition) is 7. The molecule has 0 unspecified atom stereocenters. The highest BCUT2D eigenvalue weighted by Crippen LogP contribution is 2.27. The Morgan fingerprint density at radius 1 is 1.11 bits per heavy atom. The second-order valence-electron chi connectivity index (χ2n) is 6.95. The zero-order valence-electron chi connectivity index (χ0n) is 15.9. The third kappa shape index (κ3) is 4.60. The first kappa shape index (κ1) is 19.2. The standard InChI is InChI=1S/C20H22N6O2/c1-12-6-4-9-16(23-12)24-15-11-17(25-26-18(15)19(21)27)28-14-8-5-7-13(10-14)20(2,3)22/h4-11H,22H2,1-3H3,(H2,21,27)(H,23,24,25). The molecule has 0 saturated carbocycles. The smallest absolute Gasteiger partial charge is 0.271 e. The van der Waals surface area contributed by atoms with Crippen molar-refractivity contribution in [2.45, 2.75) is 26.3 Å². The summed E-state index contributed by atoms with van der Waals surface area (Å²) in [4.78, 5) is 16.1. The van der Waals surface area contributed by atoms with Crippen molar-refractivity contribution in [2.24, 2.45) is 11.5 Å². The van der Waals surface area contributed by atoms with E-state index >= 15 is 0 Å². The van der Waals surface area contributed by atoms with E-state index in [0.29, 0.717) is 17.3 Å². The van der Waals surface area contributed by atoms with Gasteiger partial charge in [-0.1, -0.05) is 18.2 Å². The Balaban J connectivity index is 1.92. The number of nitrogens with zero attached hydrogens (tertiary/aromatic N) is 3. The lowest BCUT2D eigenvalue weighted by Gasteiger charge is -2.19. The van der Waals surface area contributed by atoms with Gasteiger partial charge in [0.25, 0.3) is 5.91 Å². The van der Waals surface area contributed by atoms with Gasteiger partial charge in [-0.3, -0.25) is 4.79 Å². The first-order valence-electron chi connectivity index (χ1n) is 8.68. The summed E-state index contributed by atoms with van der Waals surface area (Å²) < 4.78 is 5.81. The Labute approximate surface area is 163 Å². The van der Waals surface area contributed by atoms with Crippen molar-refractivity contribution in [3.05, 3.63) is 65.5 Å². The van der Waals surface area contributed by atoms with E-state index in [1.165, 1.54) is 0 Å². The van der Waals surface area contributed by atoms with Crippen LogP contribution in [0.25, 0.3) is 0 Å². The van der Waals surface area contributed by atoms with Crippen LogP contribution in [0, 0.1) is 6.92 Å². The van der Waals surface area contributed by atoms with E-state index in [1.807, 2.05) is 51.1 Å². The second-order valence-corrected chi connectivity index (χ2v) is 6.95. The molecule has 8 nitrogen and oxygen atoms in total. The van der Waals surface area contributed by atoms with Crippen molar-refractivity contribution in [3.63, 3.8) is 0 Å². The van der Waals surface area contributed by atoms with Crippen molar-refractivity contribution >= 4 is 17.4 Å². The van der Waals surface area contributed by atoms with Crippen LogP contribution in [0.2, 0.25) is 0 Å². The summed E-state index contributed by atoms with van der Waals surface area (Å²) in [5.41, 5.74) is 13.1. The largest absolute Gasteiger partial charge is 0.437 e. The number of aryl methyl sites for hydroxylation is 1. The molecular formula is C20H22N6O2. The van der Waals surface area contributed by atoms with Crippen LogP contribution in [0.3, 0.4) is 0 Å². The number of primary amides is 1. The first-order chi connectivity index (χ1) is 13.2. The highest BCUT2D eigenvalue weighted by atomic mass is 16.5. The van der Waals surface area contributed by atoms with E-state index in [9.17, 15) is 4.79 Å². The molecule has 2 aromatic heterocycles. The van der Waals surface area contributed by atoms with Gasteiger partial charge in [0.2, 0.25) is 5.88 Å². The molecule has 1 amide bonds. The average molecular weight is 378 g/mol. The highest BCUT2D eigenvalue weighted by molar-refractivity contribution is 5.97. The van der Waals surface area contributed by atoms with Crippen LogP contribution in [0.15, 0.2) is 48.5 Å². The van der Waals surface area contributed by atoms with E-state index < -0.39 is 11.4 Å². The number of anilines is 2. The van der Waals surface area contributed by atoms with Gasteiger partial charge in [-0.15, -0.1) is 10.2 Å². The zero-order chi connectivity index (χ0) is 20.3. The molecule has 0 aliphatic rings. The van der Waals surface area contributed by atoms with Gasteiger partial charge in [-0.2, -0.15) is 0 Å². The summed E-state index contributed by atoms with van der Waals surface area (Å²) in [6.45, 7) is 5.68. The topological polar surface area (TPSA) is 129 Å². The minimum absolute atomic E-state index is 0.00695. The zero-order valence-corrected chi connectivity index (χ0v) is 15.9.